The van der Waals surface area contributed by atoms with Gasteiger partial charge in [0.05, 0.1) is 0 Å². The van der Waals surface area contributed by atoms with Crippen molar-refractivity contribution < 1.29 is 28.6 Å². The number of carbonyl (C=O) groups excluding carboxylic acids is 3. The quantitative estimate of drug-likeness (QED) is 0.402. The summed E-state index contributed by atoms with van der Waals surface area (Å²) in [6.45, 7) is 7.43. The summed E-state index contributed by atoms with van der Waals surface area (Å²) in [5, 5.41) is 0. The molecule has 1 heterocycles. The molecule has 1 fully saturated rings. The molecule has 1 aliphatic heterocycles. The van der Waals surface area contributed by atoms with Crippen LogP contribution >= 0.6 is 0 Å². The summed E-state index contributed by atoms with van der Waals surface area (Å²) in [4.78, 5) is 35.7. The minimum atomic E-state index is -0.886. The van der Waals surface area contributed by atoms with Crippen LogP contribution in [0.15, 0.2) is 25.3 Å². The van der Waals surface area contributed by atoms with E-state index in [2.05, 4.69) is 13.2 Å². The van der Waals surface area contributed by atoms with E-state index in [0.29, 0.717) is 13.1 Å². The minimum absolute atomic E-state index is 0.195. The minimum Gasteiger partial charge on any atom is -0.458 e. The van der Waals surface area contributed by atoms with Crippen LogP contribution in [0.2, 0.25) is 0 Å². The van der Waals surface area contributed by atoms with Crippen LogP contribution < -0.4 is 0 Å². The molecule has 0 N–H and O–H groups in total. The van der Waals surface area contributed by atoms with E-state index >= 15 is 0 Å². The summed E-state index contributed by atoms with van der Waals surface area (Å²) in [6.07, 6.45) is 3.61. The lowest BCUT2D eigenvalue weighted by atomic mass is 10.1. The molecular weight excluding hydrogens is 290 g/mol. The zero-order chi connectivity index (χ0) is 16.4. The van der Waals surface area contributed by atoms with Crippen molar-refractivity contribution in [2.45, 2.75) is 25.4 Å². The molecule has 0 spiro atoms. The Hall–Kier alpha value is -2.31. The van der Waals surface area contributed by atoms with Gasteiger partial charge in [0.15, 0.2) is 6.10 Å². The van der Waals surface area contributed by atoms with Crippen molar-refractivity contribution in [3.05, 3.63) is 25.3 Å². The second-order valence-electron chi connectivity index (χ2n) is 4.72. The molecule has 1 amide bonds. The lowest BCUT2D eigenvalue weighted by Crippen LogP contribution is -2.38. The van der Waals surface area contributed by atoms with Crippen molar-refractivity contribution in [2.24, 2.45) is 0 Å². The molecule has 0 aromatic rings. The Kier molecular flexibility index (Phi) is 7.74. The Morgan fingerprint density at radius 1 is 0.955 bits per heavy atom. The fraction of sp³-hybridized carbons (Fsp3) is 0.533. The Labute approximate surface area is 129 Å². The van der Waals surface area contributed by atoms with E-state index in [0.717, 1.165) is 31.4 Å². The third-order valence-electron chi connectivity index (χ3n) is 3.03. The molecule has 1 rings (SSSR count). The van der Waals surface area contributed by atoms with Gasteiger partial charge >= 0.3 is 18.0 Å². The molecule has 0 saturated carbocycles. The first-order chi connectivity index (χ1) is 10.6. The van der Waals surface area contributed by atoms with Gasteiger partial charge in [0, 0.05) is 25.2 Å². The predicted molar refractivity (Wildman–Crippen MR) is 78.0 cm³/mol. The van der Waals surface area contributed by atoms with Crippen LogP contribution in [0.1, 0.15) is 19.3 Å². The van der Waals surface area contributed by atoms with Crippen LogP contribution in [0.3, 0.4) is 0 Å². The molecule has 1 atom stereocenters. The molecule has 1 aliphatic rings. The topological polar surface area (TPSA) is 82.1 Å². The molecule has 122 valence electrons. The average Bonchev–Trinajstić information content (AvgIpc) is 2.57. The second-order valence-corrected chi connectivity index (χ2v) is 4.72. The fourth-order valence-corrected chi connectivity index (χ4v) is 1.89. The first-order valence-electron chi connectivity index (χ1n) is 7.10. The molecule has 0 aromatic carbocycles. The van der Waals surface area contributed by atoms with E-state index in [1.807, 2.05) is 0 Å². The Balaban J connectivity index is 2.45. The van der Waals surface area contributed by atoms with Crippen LogP contribution in [0.5, 0.6) is 0 Å². The highest BCUT2D eigenvalue weighted by Gasteiger charge is 2.21. The SMILES string of the molecule is C=CC(=O)OCC(COC(=O)N1CCCCC1)OC(=O)C=C. The lowest BCUT2D eigenvalue weighted by Gasteiger charge is -2.26. The highest BCUT2D eigenvalue weighted by molar-refractivity contribution is 5.82. The summed E-state index contributed by atoms with van der Waals surface area (Å²) in [7, 11) is 0. The van der Waals surface area contributed by atoms with Gasteiger partial charge < -0.3 is 19.1 Å². The smallest absolute Gasteiger partial charge is 0.409 e. The number of hydrogen-bond donors (Lipinski definition) is 0. The van der Waals surface area contributed by atoms with E-state index in [-0.39, 0.29) is 13.2 Å². The van der Waals surface area contributed by atoms with Crippen LogP contribution in [-0.4, -0.2) is 55.3 Å². The first-order valence-corrected chi connectivity index (χ1v) is 7.10. The molecule has 7 nitrogen and oxygen atoms in total. The number of likely N-dealkylation sites (tertiary alicyclic amines) is 1. The molecule has 1 unspecified atom stereocenters. The number of esters is 2. The number of piperidine rings is 1. The van der Waals surface area contributed by atoms with E-state index < -0.39 is 24.1 Å². The van der Waals surface area contributed by atoms with Crippen molar-refractivity contribution in [1.82, 2.24) is 4.90 Å². The number of rotatable bonds is 7. The molecule has 7 heteroatoms. The second kappa shape index (κ2) is 9.59. The molecule has 0 aliphatic carbocycles. The molecule has 1 saturated heterocycles. The number of amides is 1. The van der Waals surface area contributed by atoms with Gasteiger partial charge in [-0.05, 0) is 19.3 Å². The number of nitrogens with zero attached hydrogens (tertiary/aromatic N) is 1. The lowest BCUT2D eigenvalue weighted by molar-refractivity contribution is -0.155. The van der Waals surface area contributed by atoms with Gasteiger partial charge in [0.1, 0.15) is 13.2 Å². The van der Waals surface area contributed by atoms with Crippen molar-refractivity contribution in [3.63, 3.8) is 0 Å². The highest BCUT2D eigenvalue weighted by atomic mass is 16.6. The monoisotopic (exact) mass is 311 g/mol. The van der Waals surface area contributed by atoms with Crippen LogP contribution in [0, 0.1) is 0 Å². The van der Waals surface area contributed by atoms with Crippen LogP contribution in [-0.2, 0) is 23.8 Å². The van der Waals surface area contributed by atoms with Crippen molar-refractivity contribution >= 4 is 18.0 Å². The average molecular weight is 311 g/mol. The zero-order valence-corrected chi connectivity index (χ0v) is 12.5. The largest absolute Gasteiger partial charge is 0.458 e. The Morgan fingerprint density at radius 2 is 1.55 bits per heavy atom. The molecule has 0 radical (unpaired) electrons. The summed E-state index contributed by atoms with van der Waals surface area (Å²) in [6, 6.07) is 0. The molecule has 0 aromatic heterocycles. The maximum Gasteiger partial charge on any atom is 0.409 e. The zero-order valence-electron chi connectivity index (χ0n) is 12.5. The molecule has 0 bridgehead atoms. The van der Waals surface area contributed by atoms with Gasteiger partial charge in [-0.15, -0.1) is 0 Å². The summed E-state index contributed by atoms with van der Waals surface area (Å²) in [5.41, 5.74) is 0. The van der Waals surface area contributed by atoms with Crippen LogP contribution in [0.25, 0.3) is 0 Å². The maximum atomic E-state index is 11.9. The maximum absolute atomic E-state index is 11.9. The van der Waals surface area contributed by atoms with Gasteiger partial charge in [-0.25, -0.2) is 14.4 Å². The van der Waals surface area contributed by atoms with E-state index in [4.69, 9.17) is 14.2 Å². The standard InChI is InChI=1S/C15H21NO6/c1-3-13(17)20-10-12(22-14(18)4-2)11-21-15(19)16-8-6-5-7-9-16/h3-4,12H,1-2,5-11H2. The highest BCUT2D eigenvalue weighted by Crippen LogP contribution is 2.10. The van der Waals surface area contributed by atoms with E-state index in [1.54, 1.807) is 4.90 Å². The number of hydrogen-bond acceptors (Lipinski definition) is 6. The third kappa shape index (κ3) is 6.43. The predicted octanol–water partition coefficient (Wildman–Crippen LogP) is 1.44. The van der Waals surface area contributed by atoms with Crippen molar-refractivity contribution in [2.75, 3.05) is 26.3 Å². The number of ether oxygens (including phenoxy) is 3. The van der Waals surface area contributed by atoms with Gasteiger partial charge in [0.2, 0.25) is 0 Å². The summed E-state index contributed by atoms with van der Waals surface area (Å²) < 4.78 is 14.9. The normalized spacial score (nSPS) is 15.4. The van der Waals surface area contributed by atoms with Gasteiger partial charge in [0.25, 0.3) is 0 Å². The molecule has 22 heavy (non-hydrogen) atoms. The van der Waals surface area contributed by atoms with Gasteiger partial charge in [-0.3, -0.25) is 0 Å². The Morgan fingerprint density at radius 3 is 2.14 bits per heavy atom. The van der Waals surface area contributed by atoms with E-state index in [1.165, 1.54) is 0 Å². The van der Waals surface area contributed by atoms with Gasteiger partial charge in [-0.1, -0.05) is 13.2 Å². The first kappa shape index (κ1) is 17.7. The van der Waals surface area contributed by atoms with Crippen LogP contribution in [0.4, 0.5) is 4.79 Å². The summed E-state index contributed by atoms with van der Waals surface area (Å²) >= 11 is 0. The van der Waals surface area contributed by atoms with Crippen molar-refractivity contribution in [1.29, 1.82) is 0 Å². The summed E-state index contributed by atoms with van der Waals surface area (Å²) in [5.74, 6) is -1.34. The van der Waals surface area contributed by atoms with Gasteiger partial charge in [-0.2, -0.15) is 0 Å². The van der Waals surface area contributed by atoms with E-state index in [9.17, 15) is 14.4 Å². The fourth-order valence-electron chi connectivity index (χ4n) is 1.89. The molecular formula is C15H21NO6. The third-order valence-corrected chi connectivity index (χ3v) is 3.03. The Bertz CT molecular complexity index is 428. The van der Waals surface area contributed by atoms with Crippen molar-refractivity contribution in [3.8, 4) is 0 Å². The number of carbonyl (C=O) groups is 3.